The second-order valence-electron chi connectivity index (χ2n) is 10.2. The van der Waals surface area contributed by atoms with Gasteiger partial charge in [-0.2, -0.15) is 4.39 Å². The van der Waals surface area contributed by atoms with Crippen molar-refractivity contribution in [1.82, 2.24) is 9.97 Å². The number of ether oxygens (including phenoxy) is 1. The smallest absolute Gasteiger partial charge is 0.304 e. The lowest BCUT2D eigenvalue weighted by atomic mass is 9.90. The number of thiazole rings is 1. The molecule has 0 spiro atoms. The fourth-order valence-electron chi connectivity index (χ4n) is 5.44. The second-order valence-corrected chi connectivity index (χ2v) is 11.1. The number of carbonyl (C=O) groups excluding carboxylic acids is 1. The number of aliphatic carboxylic acids is 1. The highest BCUT2D eigenvalue weighted by molar-refractivity contribution is 7.14. The van der Waals surface area contributed by atoms with Gasteiger partial charge in [0.2, 0.25) is 11.0 Å². The first-order valence-corrected chi connectivity index (χ1v) is 13.8. The minimum Gasteiger partial charge on any atom is -0.488 e. The predicted octanol–water partition coefficient (Wildman–Crippen LogP) is 5.61. The molecule has 3 aromatic rings. The van der Waals surface area contributed by atoms with E-state index in [1.807, 2.05) is 11.9 Å². The number of fused-ring (bicyclic) bond motifs is 1. The van der Waals surface area contributed by atoms with Gasteiger partial charge in [0, 0.05) is 37.3 Å². The molecule has 2 aliphatic rings. The van der Waals surface area contributed by atoms with Crippen molar-refractivity contribution < 1.29 is 28.2 Å². The number of benzene rings is 1. The summed E-state index contributed by atoms with van der Waals surface area (Å²) in [6.45, 7) is 1.20. The molecule has 39 heavy (non-hydrogen) atoms. The number of anilines is 2. The largest absolute Gasteiger partial charge is 0.488 e. The van der Waals surface area contributed by atoms with Crippen LogP contribution in [0.1, 0.15) is 38.5 Å². The number of halogens is 2. The van der Waals surface area contributed by atoms with E-state index in [-0.39, 0.29) is 22.8 Å². The van der Waals surface area contributed by atoms with E-state index in [1.165, 1.54) is 24.1 Å². The molecule has 1 unspecified atom stereocenters. The van der Waals surface area contributed by atoms with Gasteiger partial charge >= 0.3 is 5.97 Å². The Kier molecular flexibility index (Phi) is 7.79. The molecule has 0 bridgehead atoms. The zero-order valence-corrected chi connectivity index (χ0v) is 22.6. The zero-order chi connectivity index (χ0) is 27.7. The number of amides is 1. The van der Waals surface area contributed by atoms with E-state index in [4.69, 9.17) is 4.74 Å². The molecule has 1 fully saturated rings. The van der Waals surface area contributed by atoms with Crippen LogP contribution in [-0.2, 0) is 9.59 Å². The average Bonchev–Trinajstić information content (AvgIpc) is 3.56. The molecule has 2 aromatic heterocycles. The van der Waals surface area contributed by atoms with Crippen LogP contribution in [0.2, 0.25) is 0 Å². The number of nitrogens with zero attached hydrogens (tertiary/aromatic N) is 4. The predicted molar refractivity (Wildman–Crippen MR) is 145 cm³/mol. The Balaban J connectivity index is 1.46. The molecule has 1 aromatic carbocycles. The first-order chi connectivity index (χ1) is 18.7. The minimum atomic E-state index is -1.05. The van der Waals surface area contributed by atoms with E-state index < -0.39 is 28.7 Å². The molecule has 8 nitrogen and oxygen atoms in total. The van der Waals surface area contributed by atoms with Crippen LogP contribution in [0.4, 0.5) is 19.7 Å². The van der Waals surface area contributed by atoms with E-state index in [2.05, 4.69) is 9.97 Å². The molecule has 3 heterocycles. The van der Waals surface area contributed by atoms with Crippen molar-refractivity contribution in [3.63, 3.8) is 0 Å². The fraction of sp³-hybridized carbons (Fsp3) is 0.429. The number of hydrogen-bond donors (Lipinski definition) is 1. The summed E-state index contributed by atoms with van der Waals surface area (Å²) >= 11 is 0.668. The summed E-state index contributed by atoms with van der Waals surface area (Å²) in [7, 11) is 3.39. The number of carbonyl (C=O) groups is 2. The molecular weight excluding hydrogens is 526 g/mol. The molecule has 0 saturated heterocycles. The van der Waals surface area contributed by atoms with Crippen molar-refractivity contribution in [2.24, 2.45) is 11.8 Å². The maximum Gasteiger partial charge on any atom is 0.304 e. The van der Waals surface area contributed by atoms with Crippen LogP contribution in [-0.4, -0.2) is 54.2 Å². The standard InChI is InChI=1S/C28H30F2N4O4S/c1-33-9-10-38-22-12-18(15-31-26(22)33)20-8-7-19(29)14-21(20)24-25(30)39-28(32-24)34(2)27(37)17(13-23(35)36)11-16-5-3-4-6-16/h7-8,12,14-17H,3-6,9-11,13H2,1-2H3,(H,35,36). The minimum absolute atomic E-state index is 0.0815. The van der Waals surface area contributed by atoms with Crippen LogP contribution in [0.3, 0.4) is 0 Å². The average molecular weight is 557 g/mol. The van der Waals surface area contributed by atoms with E-state index in [9.17, 15) is 19.1 Å². The molecular formula is C28H30F2N4O4S. The lowest BCUT2D eigenvalue weighted by Crippen LogP contribution is -2.35. The van der Waals surface area contributed by atoms with Gasteiger partial charge in [0.15, 0.2) is 16.7 Å². The number of hydrogen-bond acceptors (Lipinski definition) is 7. The lowest BCUT2D eigenvalue weighted by Gasteiger charge is -2.26. The van der Waals surface area contributed by atoms with Gasteiger partial charge in [-0.3, -0.25) is 14.5 Å². The Labute approximate surface area is 229 Å². The first-order valence-electron chi connectivity index (χ1n) is 13.0. The summed E-state index contributed by atoms with van der Waals surface area (Å²) in [5.41, 5.74) is 1.24. The normalized spacial score (nSPS) is 16.1. The quantitative estimate of drug-likeness (QED) is 0.385. The van der Waals surface area contributed by atoms with E-state index in [0.717, 1.165) is 25.7 Å². The summed E-state index contributed by atoms with van der Waals surface area (Å²) in [4.78, 5) is 36.9. The maximum atomic E-state index is 15.4. The molecule has 1 atom stereocenters. The molecule has 0 radical (unpaired) electrons. The number of likely N-dealkylation sites (N-methyl/N-ethyl adjacent to an activating group) is 1. The van der Waals surface area contributed by atoms with Gasteiger partial charge in [0.05, 0.1) is 13.0 Å². The number of carboxylic acids is 1. The fourth-order valence-corrected chi connectivity index (χ4v) is 6.22. The van der Waals surface area contributed by atoms with Crippen LogP contribution in [0.5, 0.6) is 5.75 Å². The molecule has 206 valence electrons. The van der Waals surface area contributed by atoms with Crippen LogP contribution in [0.15, 0.2) is 30.5 Å². The second kappa shape index (κ2) is 11.3. The third-order valence-corrected chi connectivity index (χ3v) is 8.40. The summed E-state index contributed by atoms with van der Waals surface area (Å²) in [6.07, 6.45) is 5.92. The van der Waals surface area contributed by atoms with Crippen molar-refractivity contribution >= 4 is 34.2 Å². The Morgan fingerprint density at radius 3 is 2.74 bits per heavy atom. The van der Waals surface area contributed by atoms with E-state index in [1.54, 1.807) is 18.3 Å². The maximum absolute atomic E-state index is 15.4. The third kappa shape index (κ3) is 5.73. The van der Waals surface area contributed by atoms with Crippen molar-refractivity contribution in [3.8, 4) is 28.1 Å². The summed E-state index contributed by atoms with van der Waals surface area (Å²) in [5, 5.41) is 8.82. The topological polar surface area (TPSA) is 95.9 Å². The number of carboxylic acid groups (broad SMARTS) is 1. The van der Waals surface area contributed by atoms with Gasteiger partial charge in [-0.1, -0.05) is 43.1 Å². The molecule has 1 amide bonds. The Morgan fingerprint density at radius 1 is 1.23 bits per heavy atom. The summed E-state index contributed by atoms with van der Waals surface area (Å²) < 4.78 is 35.5. The van der Waals surface area contributed by atoms with Crippen molar-refractivity contribution in [2.75, 3.05) is 37.0 Å². The number of aromatic nitrogens is 2. The van der Waals surface area contributed by atoms with Crippen LogP contribution in [0.25, 0.3) is 22.4 Å². The van der Waals surface area contributed by atoms with Gasteiger partial charge in [-0.15, -0.1) is 0 Å². The van der Waals surface area contributed by atoms with Crippen LogP contribution >= 0.6 is 11.3 Å². The number of pyridine rings is 1. The molecule has 1 aliphatic carbocycles. The van der Waals surface area contributed by atoms with Crippen molar-refractivity contribution in [1.29, 1.82) is 0 Å². The third-order valence-electron chi connectivity index (χ3n) is 7.48. The Bertz CT molecular complexity index is 1390. The van der Waals surface area contributed by atoms with Crippen LogP contribution < -0.4 is 14.5 Å². The molecule has 5 rings (SSSR count). The van der Waals surface area contributed by atoms with Crippen LogP contribution in [0, 0.1) is 22.8 Å². The monoisotopic (exact) mass is 556 g/mol. The van der Waals surface area contributed by atoms with Gasteiger partial charge < -0.3 is 14.7 Å². The van der Waals surface area contributed by atoms with E-state index >= 15 is 4.39 Å². The molecule has 1 aliphatic heterocycles. The van der Waals surface area contributed by atoms with Crippen molar-refractivity contribution in [3.05, 3.63) is 41.4 Å². The highest BCUT2D eigenvalue weighted by Gasteiger charge is 2.31. The first kappa shape index (κ1) is 27.0. The highest BCUT2D eigenvalue weighted by atomic mass is 32.1. The van der Waals surface area contributed by atoms with Gasteiger partial charge in [0.25, 0.3) is 0 Å². The highest BCUT2D eigenvalue weighted by Crippen LogP contribution is 2.40. The number of rotatable bonds is 8. The Hall–Kier alpha value is -3.60. The molecule has 11 heteroatoms. The zero-order valence-electron chi connectivity index (χ0n) is 21.8. The van der Waals surface area contributed by atoms with E-state index in [0.29, 0.717) is 59.5 Å². The lowest BCUT2D eigenvalue weighted by molar-refractivity contribution is -0.140. The molecule has 1 saturated carbocycles. The van der Waals surface area contributed by atoms with Gasteiger partial charge in [-0.25, -0.2) is 14.4 Å². The van der Waals surface area contributed by atoms with Gasteiger partial charge in [-0.05, 0) is 36.1 Å². The van der Waals surface area contributed by atoms with Crippen molar-refractivity contribution in [2.45, 2.75) is 38.5 Å². The summed E-state index contributed by atoms with van der Waals surface area (Å²) in [5.74, 6) is -1.19. The SMILES string of the molecule is CN1CCOc2cc(-c3ccc(F)cc3-c3nc(N(C)C(=O)C(CC(=O)O)CC4CCCC4)sc3F)cnc21. The Morgan fingerprint density at radius 2 is 2.00 bits per heavy atom. The van der Waals surface area contributed by atoms with Gasteiger partial charge in [0.1, 0.15) is 18.1 Å². The molecule has 1 N–H and O–H groups in total. The summed E-state index contributed by atoms with van der Waals surface area (Å²) in [6, 6.07) is 5.82.